The molecule has 1 amide bonds. The molecule has 1 aromatic carbocycles. The molecule has 2 heterocycles. The molecule has 3 nitrogen and oxygen atoms in total. The van der Waals surface area contributed by atoms with Crippen molar-refractivity contribution in [3.05, 3.63) is 59.3 Å². The van der Waals surface area contributed by atoms with Crippen LogP contribution in [0.15, 0.2) is 42.6 Å². The molecule has 102 valence electrons. The molecule has 0 aliphatic carbocycles. The maximum atomic E-state index is 12.1. The van der Waals surface area contributed by atoms with Gasteiger partial charge in [0.1, 0.15) is 5.82 Å². The molecular weight excluding hydrogens is 384 g/mol. The number of amides is 1. The molecule has 3 rings (SSSR count). The molecule has 0 saturated carbocycles. The third kappa shape index (κ3) is 2.19. The second-order valence-electron chi connectivity index (χ2n) is 4.82. The van der Waals surface area contributed by atoms with Crippen LogP contribution in [0.25, 0.3) is 0 Å². The van der Waals surface area contributed by atoms with Crippen molar-refractivity contribution in [1.29, 1.82) is 0 Å². The zero-order valence-corrected chi connectivity index (χ0v) is 14.0. The lowest BCUT2D eigenvalue weighted by molar-refractivity contribution is -0.117. The van der Waals surface area contributed by atoms with E-state index in [-0.39, 0.29) is 5.91 Å². The molecule has 0 unspecified atom stereocenters. The van der Waals surface area contributed by atoms with Crippen molar-refractivity contribution >= 4 is 43.6 Å². The average Bonchev–Trinajstić information content (AvgIpc) is 2.62. The fraction of sp³-hybridized carbons (Fsp3) is 0.200. The van der Waals surface area contributed by atoms with Crippen molar-refractivity contribution in [1.82, 2.24) is 4.98 Å². The average molecular weight is 396 g/mol. The Kier molecular flexibility index (Phi) is 3.42. The number of fused-ring (bicyclic) bond motifs is 1. The smallest absolute Gasteiger partial charge is 0.260 e. The maximum Gasteiger partial charge on any atom is 0.260 e. The summed E-state index contributed by atoms with van der Waals surface area (Å²) in [6.07, 6.45) is 2.63. The summed E-state index contributed by atoms with van der Waals surface area (Å²) >= 11 is 6.90. The summed E-state index contributed by atoms with van der Waals surface area (Å²) in [5, 5.41) is 0. The van der Waals surface area contributed by atoms with E-state index in [1.807, 2.05) is 30.5 Å². The largest absolute Gasteiger partial charge is 0.297 e. The van der Waals surface area contributed by atoms with Crippen molar-refractivity contribution < 1.29 is 4.79 Å². The second kappa shape index (κ2) is 4.97. The predicted molar refractivity (Wildman–Crippen MR) is 86.4 cm³/mol. The van der Waals surface area contributed by atoms with E-state index in [9.17, 15) is 4.79 Å². The quantitative estimate of drug-likeness (QED) is 0.728. The van der Waals surface area contributed by atoms with E-state index in [4.69, 9.17) is 0 Å². The van der Waals surface area contributed by atoms with Crippen molar-refractivity contribution in [3.63, 3.8) is 0 Å². The summed E-state index contributed by atoms with van der Waals surface area (Å²) in [5.41, 5.74) is 3.17. The number of anilines is 1. The van der Waals surface area contributed by atoms with E-state index in [2.05, 4.69) is 49.0 Å². The first-order valence-electron chi connectivity index (χ1n) is 6.19. The predicted octanol–water partition coefficient (Wildman–Crippen LogP) is 3.59. The Bertz CT molecular complexity index is 671. The normalized spacial score (nSPS) is 16.4. The lowest BCUT2D eigenvalue weighted by Gasteiger charge is -2.12. The van der Waals surface area contributed by atoms with Crippen LogP contribution in [0, 0.1) is 0 Å². The van der Waals surface area contributed by atoms with Gasteiger partial charge in [-0.1, -0.05) is 62.2 Å². The zero-order valence-electron chi connectivity index (χ0n) is 10.8. The van der Waals surface area contributed by atoms with Crippen LogP contribution in [-0.4, -0.2) is 17.9 Å². The number of pyridine rings is 1. The fourth-order valence-corrected chi connectivity index (χ4v) is 3.46. The van der Waals surface area contributed by atoms with Crippen molar-refractivity contribution in [3.8, 4) is 0 Å². The lowest BCUT2D eigenvalue weighted by Crippen LogP contribution is -2.29. The number of hydrogen-bond donors (Lipinski definition) is 0. The van der Waals surface area contributed by atoms with Gasteiger partial charge >= 0.3 is 0 Å². The third-order valence-electron chi connectivity index (χ3n) is 3.40. The second-order valence-corrected chi connectivity index (χ2v) is 8.26. The van der Waals surface area contributed by atoms with Gasteiger partial charge in [0.15, 0.2) is 3.23 Å². The van der Waals surface area contributed by atoms with Gasteiger partial charge in [0, 0.05) is 18.8 Å². The minimum Gasteiger partial charge on any atom is -0.297 e. The minimum absolute atomic E-state index is 0.0585. The Morgan fingerprint density at radius 2 is 1.90 bits per heavy atom. The number of halogens is 2. The molecular formula is C15H12Br2N2O. The van der Waals surface area contributed by atoms with E-state index in [1.54, 1.807) is 11.9 Å². The molecule has 0 fully saturated rings. The lowest BCUT2D eigenvalue weighted by atomic mass is 10.0. The van der Waals surface area contributed by atoms with Crippen molar-refractivity contribution in [2.75, 3.05) is 11.9 Å². The molecule has 1 aliphatic heterocycles. The standard InChI is InChI=1S/C15H12Br2N2O/c1-19-13-12(15(16,17)14(19)20)8-11(9-18-13)7-10-5-3-2-4-6-10/h2-6,8-9H,7H2,1H3. The van der Waals surface area contributed by atoms with Crippen molar-refractivity contribution in [2.24, 2.45) is 0 Å². The van der Waals surface area contributed by atoms with Gasteiger partial charge < -0.3 is 0 Å². The minimum atomic E-state index is -0.857. The van der Waals surface area contributed by atoms with Crippen LogP contribution < -0.4 is 4.90 Å². The van der Waals surface area contributed by atoms with Crippen LogP contribution in [-0.2, 0) is 14.4 Å². The van der Waals surface area contributed by atoms with E-state index < -0.39 is 3.23 Å². The number of likely N-dealkylation sites (N-methyl/N-ethyl adjacent to an activating group) is 1. The molecule has 0 saturated heterocycles. The van der Waals surface area contributed by atoms with Crippen LogP contribution in [0.5, 0.6) is 0 Å². The molecule has 0 radical (unpaired) electrons. The number of carbonyl (C=O) groups is 1. The highest BCUT2D eigenvalue weighted by molar-refractivity contribution is 9.25. The Balaban J connectivity index is 1.99. The van der Waals surface area contributed by atoms with Gasteiger partial charge in [0.25, 0.3) is 5.91 Å². The monoisotopic (exact) mass is 394 g/mol. The molecule has 0 atom stereocenters. The van der Waals surface area contributed by atoms with Gasteiger partial charge in [0.05, 0.1) is 0 Å². The summed E-state index contributed by atoms with van der Waals surface area (Å²) in [4.78, 5) is 18.1. The summed E-state index contributed by atoms with van der Waals surface area (Å²) in [6.45, 7) is 0. The number of nitrogens with zero attached hydrogens (tertiary/aromatic N) is 2. The van der Waals surface area contributed by atoms with Gasteiger partial charge in [-0.3, -0.25) is 9.69 Å². The topological polar surface area (TPSA) is 33.2 Å². The highest BCUT2D eigenvalue weighted by Gasteiger charge is 2.47. The van der Waals surface area contributed by atoms with E-state index in [1.165, 1.54) is 5.56 Å². The number of alkyl halides is 2. The Morgan fingerprint density at radius 3 is 2.60 bits per heavy atom. The van der Waals surface area contributed by atoms with Crippen LogP contribution >= 0.6 is 31.9 Å². The van der Waals surface area contributed by atoms with Gasteiger partial charge in [-0.2, -0.15) is 0 Å². The van der Waals surface area contributed by atoms with Gasteiger partial charge in [-0.15, -0.1) is 0 Å². The first-order chi connectivity index (χ1) is 9.50. The zero-order chi connectivity index (χ0) is 14.3. The molecule has 5 heteroatoms. The molecule has 0 N–H and O–H groups in total. The highest BCUT2D eigenvalue weighted by Crippen LogP contribution is 2.49. The SMILES string of the molecule is CN1C(=O)C(Br)(Br)c2cc(Cc3ccccc3)cnc21. The van der Waals surface area contributed by atoms with Crippen LogP contribution in [0.2, 0.25) is 0 Å². The Morgan fingerprint density at radius 1 is 1.20 bits per heavy atom. The Labute approximate surface area is 134 Å². The fourth-order valence-electron chi connectivity index (χ4n) is 2.35. The molecule has 1 aliphatic rings. The van der Waals surface area contributed by atoms with Crippen LogP contribution in [0.1, 0.15) is 16.7 Å². The van der Waals surface area contributed by atoms with Crippen LogP contribution in [0.3, 0.4) is 0 Å². The number of benzene rings is 1. The van der Waals surface area contributed by atoms with E-state index >= 15 is 0 Å². The molecule has 1 aromatic heterocycles. The van der Waals surface area contributed by atoms with E-state index in [0.717, 1.165) is 17.5 Å². The molecule has 0 bridgehead atoms. The van der Waals surface area contributed by atoms with E-state index in [0.29, 0.717) is 5.82 Å². The first kappa shape index (κ1) is 13.8. The summed E-state index contributed by atoms with van der Waals surface area (Å²) in [7, 11) is 1.73. The van der Waals surface area contributed by atoms with Gasteiger partial charge in [0.2, 0.25) is 0 Å². The van der Waals surface area contributed by atoms with Gasteiger partial charge in [-0.05, 0) is 23.6 Å². The Hall–Kier alpha value is -1.20. The molecule has 20 heavy (non-hydrogen) atoms. The highest BCUT2D eigenvalue weighted by atomic mass is 79.9. The number of rotatable bonds is 2. The maximum absolute atomic E-state index is 12.1. The van der Waals surface area contributed by atoms with Crippen molar-refractivity contribution in [2.45, 2.75) is 9.65 Å². The number of aromatic nitrogens is 1. The number of hydrogen-bond acceptors (Lipinski definition) is 2. The summed E-state index contributed by atoms with van der Waals surface area (Å²) in [6, 6.07) is 12.2. The summed E-state index contributed by atoms with van der Waals surface area (Å²) in [5.74, 6) is 0.637. The van der Waals surface area contributed by atoms with Gasteiger partial charge in [-0.25, -0.2) is 4.98 Å². The first-order valence-corrected chi connectivity index (χ1v) is 7.78. The van der Waals surface area contributed by atoms with Crippen LogP contribution in [0.4, 0.5) is 5.82 Å². The summed E-state index contributed by atoms with van der Waals surface area (Å²) < 4.78 is -0.857. The number of carbonyl (C=O) groups excluding carboxylic acids is 1. The molecule has 2 aromatic rings. The third-order valence-corrected chi connectivity index (χ3v) is 4.94. The molecule has 0 spiro atoms.